The number of hydrogen-bond donors (Lipinski definition) is 1. The van der Waals surface area contributed by atoms with E-state index in [1.54, 1.807) is 19.2 Å². The van der Waals surface area contributed by atoms with Crippen molar-refractivity contribution < 1.29 is 13.2 Å². The van der Waals surface area contributed by atoms with E-state index < -0.39 is 11.9 Å². The fourth-order valence-electron chi connectivity index (χ4n) is 1.57. The molecule has 0 aliphatic heterocycles. The molecule has 0 saturated heterocycles. The maximum atomic E-state index is 12.6. The fraction of sp³-hybridized carbons (Fsp3) is 0.182. The van der Waals surface area contributed by atoms with Crippen LogP contribution in [0.15, 0.2) is 24.3 Å². The van der Waals surface area contributed by atoms with Crippen LogP contribution >= 0.6 is 11.6 Å². The van der Waals surface area contributed by atoms with Crippen LogP contribution in [0, 0.1) is 0 Å². The van der Waals surface area contributed by atoms with Crippen molar-refractivity contribution in [3.8, 4) is 0 Å². The lowest BCUT2D eigenvalue weighted by atomic mass is 10.1. The van der Waals surface area contributed by atoms with Gasteiger partial charge in [0.1, 0.15) is 5.69 Å². The van der Waals surface area contributed by atoms with Crippen LogP contribution in [0.2, 0.25) is 5.02 Å². The monoisotopic (exact) mass is 260 g/mol. The fourth-order valence-corrected chi connectivity index (χ4v) is 1.78. The first-order chi connectivity index (χ1) is 7.93. The highest BCUT2D eigenvalue weighted by Gasteiger charge is 2.33. The van der Waals surface area contributed by atoms with Crippen molar-refractivity contribution in [2.45, 2.75) is 6.18 Å². The summed E-state index contributed by atoms with van der Waals surface area (Å²) in [6.07, 6.45) is -4.49. The van der Waals surface area contributed by atoms with Crippen molar-refractivity contribution in [2.24, 2.45) is 0 Å². The summed E-state index contributed by atoms with van der Waals surface area (Å²) in [4.78, 5) is 3.56. The Balaban J connectivity index is 2.81. The maximum Gasteiger partial charge on any atom is 0.433 e. The van der Waals surface area contributed by atoms with E-state index in [0.717, 1.165) is 6.07 Å². The standard InChI is InChI=1S/C11H8ClF3N2/c1-16-8-5-9(11(13,14)15)17-10-6(8)3-2-4-7(10)12/h2-5H,1H3,(H,16,17). The normalized spacial score (nSPS) is 11.8. The Morgan fingerprint density at radius 2 is 2.00 bits per heavy atom. The summed E-state index contributed by atoms with van der Waals surface area (Å²) in [6, 6.07) is 5.82. The van der Waals surface area contributed by atoms with Gasteiger partial charge in [0.15, 0.2) is 0 Å². The second-order valence-electron chi connectivity index (χ2n) is 3.44. The molecule has 0 amide bonds. The molecule has 0 aliphatic rings. The molecule has 0 atom stereocenters. The predicted molar refractivity (Wildman–Crippen MR) is 61.3 cm³/mol. The van der Waals surface area contributed by atoms with Gasteiger partial charge in [0.05, 0.1) is 10.5 Å². The molecule has 0 saturated carbocycles. The Labute approximate surface area is 100 Å². The first-order valence-electron chi connectivity index (χ1n) is 4.77. The number of anilines is 1. The van der Waals surface area contributed by atoms with Gasteiger partial charge in [-0.2, -0.15) is 13.2 Å². The maximum absolute atomic E-state index is 12.6. The van der Waals surface area contributed by atoms with Crippen LogP contribution in [-0.2, 0) is 6.18 Å². The van der Waals surface area contributed by atoms with Crippen LogP contribution in [0.4, 0.5) is 18.9 Å². The zero-order valence-electron chi connectivity index (χ0n) is 8.77. The van der Waals surface area contributed by atoms with Crippen molar-refractivity contribution in [1.82, 2.24) is 4.98 Å². The molecule has 1 N–H and O–H groups in total. The zero-order valence-corrected chi connectivity index (χ0v) is 9.52. The number of pyridine rings is 1. The molecule has 0 unspecified atom stereocenters. The molecule has 1 aromatic heterocycles. The van der Waals surface area contributed by atoms with Gasteiger partial charge in [0, 0.05) is 18.1 Å². The largest absolute Gasteiger partial charge is 0.433 e. The van der Waals surface area contributed by atoms with Crippen LogP contribution in [-0.4, -0.2) is 12.0 Å². The Kier molecular flexibility index (Phi) is 2.87. The van der Waals surface area contributed by atoms with E-state index in [4.69, 9.17) is 11.6 Å². The average molecular weight is 261 g/mol. The third kappa shape index (κ3) is 2.15. The predicted octanol–water partition coefficient (Wildman–Crippen LogP) is 3.95. The van der Waals surface area contributed by atoms with Crippen molar-refractivity contribution in [2.75, 3.05) is 12.4 Å². The second-order valence-corrected chi connectivity index (χ2v) is 3.85. The number of benzene rings is 1. The van der Waals surface area contributed by atoms with Gasteiger partial charge in [-0.15, -0.1) is 0 Å². The Morgan fingerprint density at radius 3 is 2.59 bits per heavy atom. The quantitative estimate of drug-likeness (QED) is 0.840. The minimum Gasteiger partial charge on any atom is -0.388 e. The number of alkyl halides is 3. The van der Waals surface area contributed by atoms with Gasteiger partial charge in [-0.3, -0.25) is 0 Å². The molecule has 90 valence electrons. The van der Waals surface area contributed by atoms with E-state index in [-0.39, 0.29) is 10.5 Å². The molecular weight excluding hydrogens is 253 g/mol. The third-order valence-electron chi connectivity index (χ3n) is 2.35. The molecule has 0 aliphatic carbocycles. The van der Waals surface area contributed by atoms with Gasteiger partial charge in [-0.25, -0.2) is 4.98 Å². The molecule has 17 heavy (non-hydrogen) atoms. The highest BCUT2D eigenvalue weighted by Crippen LogP contribution is 2.34. The van der Waals surface area contributed by atoms with Gasteiger partial charge >= 0.3 is 6.18 Å². The molecule has 2 nitrogen and oxygen atoms in total. The summed E-state index contributed by atoms with van der Waals surface area (Å²) in [5.41, 5.74) is -0.458. The van der Waals surface area contributed by atoms with E-state index in [0.29, 0.717) is 11.1 Å². The van der Waals surface area contributed by atoms with Gasteiger partial charge in [0.25, 0.3) is 0 Å². The zero-order chi connectivity index (χ0) is 12.6. The lowest BCUT2D eigenvalue weighted by Crippen LogP contribution is -2.09. The molecule has 6 heteroatoms. The topological polar surface area (TPSA) is 24.9 Å². The van der Waals surface area contributed by atoms with E-state index in [2.05, 4.69) is 10.3 Å². The molecule has 2 aromatic rings. The highest BCUT2D eigenvalue weighted by atomic mass is 35.5. The molecule has 0 radical (unpaired) electrons. The average Bonchev–Trinajstić information content (AvgIpc) is 2.27. The van der Waals surface area contributed by atoms with Crippen LogP contribution in [0.5, 0.6) is 0 Å². The number of halogens is 4. The highest BCUT2D eigenvalue weighted by molar-refractivity contribution is 6.35. The van der Waals surface area contributed by atoms with Gasteiger partial charge in [-0.05, 0) is 12.1 Å². The number of para-hydroxylation sites is 1. The van der Waals surface area contributed by atoms with Crippen LogP contribution in [0.1, 0.15) is 5.69 Å². The van der Waals surface area contributed by atoms with Crippen molar-refractivity contribution >= 4 is 28.2 Å². The van der Waals surface area contributed by atoms with Gasteiger partial charge < -0.3 is 5.32 Å². The number of aromatic nitrogens is 1. The summed E-state index contributed by atoms with van der Waals surface area (Å²) in [7, 11) is 1.55. The van der Waals surface area contributed by atoms with E-state index >= 15 is 0 Å². The van der Waals surface area contributed by atoms with Crippen molar-refractivity contribution in [3.63, 3.8) is 0 Å². The lowest BCUT2D eigenvalue weighted by molar-refractivity contribution is -0.140. The Hall–Kier alpha value is -1.49. The van der Waals surface area contributed by atoms with Gasteiger partial charge in [0.2, 0.25) is 0 Å². The molecule has 1 heterocycles. The lowest BCUT2D eigenvalue weighted by Gasteiger charge is -2.11. The van der Waals surface area contributed by atoms with Gasteiger partial charge in [-0.1, -0.05) is 23.7 Å². The minimum atomic E-state index is -4.49. The molecular formula is C11H8ClF3N2. The summed E-state index contributed by atoms with van der Waals surface area (Å²) in [6.45, 7) is 0. The number of nitrogens with one attached hydrogen (secondary N) is 1. The summed E-state index contributed by atoms with van der Waals surface area (Å²) in [5, 5.41) is 3.47. The molecule has 2 rings (SSSR count). The molecule has 0 fully saturated rings. The Bertz CT molecular complexity index is 566. The summed E-state index contributed by atoms with van der Waals surface area (Å²) >= 11 is 5.85. The first kappa shape index (κ1) is 12.0. The number of fused-ring (bicyclic) bond motifs is 1. The summed E-state index contributed by atoms with van der Waals surface area (Å²) in [5.74, 6) is 0. The van der Waals surface area contributed by atoms with E-state index in [1.807, 2.05) is 0 Å². The first-order valence-corrected chi connectivity index (χ1v) is 5.15. The number of rotatable bonds is 1. The third-order valence-corrected chi connectivity index (χ3v) is 2.66. The minimum absolute atomic E-state index is 0.147. The van der Waals surface area contributed by atoms with Crippen LogP contribution in [0.3, 0.4) is 0 Å². The number of nitrogens with zero attached hydrogens (tertiary/aromatic N) is 1. The number of hydrogen-bond acceptors (Lipinski definition) is 2. The Morgan fingerprint density at radius 1 is 1.29 bits per heavy atom. The molecule has 1 aromatic carbocycles. The van der Waals surface area contributed by atoms with Crippen LogP contribution in [0.25, 0.3) is 10.9 Å². The summed E-state index contributed by atoms with van der Waals surface area (Å²) < 4.78 is 37.9. The second kappa shape index (κ2) is 4.07. The molecule has 0 bridgehead atoms. The SMILES string of the molecule is CNc1cc(C(F)(F)F)nc2c(Cl)cccc12. The smallest absolute Gasteiger partial charge is 0.388 e. The van der Waals surface area contributed by atoms with Crippen molar-refractivity contribution in [1.29, 1.82) is 0 Å². The van der Waals surface area contributed by atoms with E-state index in [1.165, 1.54) is 6.07 Å². The molecule has 0 spiro atoms. The van der Waals surface area contributed by atoms with E-state index in [9.17, 15) is 13.2 Å². The van der Waals surface area contributed by atoms with Crippen LogP contribution < -0.4 is 5.32 Å². The van der Waals surface area contributed by atoms with Crippen molar-refractivity contribution in [3.05, 3.63) is 35.0 Å².